The van der Waals surface area contributed by atoms with Gasteiger partial charge in [-0.2, -0.15) is 5.10 Å². The predicted molar refractivity (Wildman–Crippen MR) is 97.7 cm³/mol. The second-order valence-electron chi connectivity index (χ2n) is 7.75. The first-order valence-electron chi connectivity index (χ1n) is 9.78. The molecule has 1 atom stereocenters. The molecule has 1 amide bonds. The van der Waals surface area contributed by atoms with Crippen molar-refractivity contribution in [2.45, 2.75) is 37.7 Å². The molecular formula is C20H24N4O3. The van der Waals surface area contributed by atoms with E-state index in [-0.39, 0.29) is 11.5 Å². The van der Waals surface area contributed by atoms with Crippen LogP contribution < -0.4 is 4.74 Å². The smallest absolute Gasteiger partial charge is 0.274 e. The number of hydrogen-bond donors (Lipinski definition) is 1. The molecule has 2 saturated heterocycles. The van der Waals surface area contributed by atoms with Gasteiger partial charge < -0.3 is 14.4 Å². The Kier molecular flexibility index (Phi) is 4.11. The Bertz CT molecular complexity index is 829. The molecule has 7 heteroatoms. The van der Waals surface area contributed by atoms with Crippen molar-refractivity contribution in [3.8, 4) is 5.88 Å². The number of aromatic nitrogens is 3. The van der Waals surface area contributed by atoms with Crippen LogP contribution in [0.3, 0.4) is 0 Å². The number of nitrogens with zero attached hydrogens (tertiary/aromatic N) is 3. The zero-order chi connectivity index (χ0) is 18.3. The van der Waals surface area contributed by atoms with Crippen LogP contribution in [-0.4, -0.2) is 57.9 Å². The molecular weight excluding hydrogens is 344 g/mol. The van der Waals surface area contributed by atoms with Crippen molar-refractivity contribution in [1.29, 1.82) is 0 Å². The summed E-state index contributed by atoms with van der Waals surface area (Å²) in [5.41, 5.74) is 2.66. The van der Waals surface area contributed by atoms with Crippen LogP contribution in [0.25, 0.3) is 0 Å². The van der Waals surface area contributed by atoms with E-state index < -0.39 is 0 Å². The number of likely N-dealkylation sites (tertiary alicyclic amines) is 1. The highest BCUT2D eigenvalue weighted by Crippen LogP contribution is 2.42. The topological polar surface area (TPSA) is 80.3 Å². The summed E-state index contributed by atoms with van der Waals surface area (Å²) in [6, 6.07) is 5.66. The van der Waals surface area contributed by atoms with Gasteiger partial charge in [-0.15, -0.1) is 0 Å². The molecule has 0 bridgehead atoms. The maximum absolute atomic E-state index is 12.8. The lowest BCUT2D eigenvalue weighted by molar-refractivity contribution is -0.119. The van der Waals surface area contributed by atoms with Crippen molar-refractivity contribution >= 4 is 5.91 Å². The van der Waals surface area contributed by atoms with Gasteiger partial charge in [0.05, 0.1) is 19.7 Å². The van der Waals surface area contributed by atoms with Crippen LogP contribution in [0, 0.1) is 5.92 Å². The van der Waals surface area contributed by atoms with E-state index in [4.69, 9.17) is 9.47 Å². The first kappa shape index (κ1) is 16.7. The van der Waals surface area contributed by atoms with Gasteiger partial charge in [-0.3, -0.25) is 9.89 Å². The molecule has 0 radical (unpaired) electrons. The number of aromatic amines is 1. The third kappa shape index (κ3) is 2.90. The van der Waals surface area contributed by atoms with Crippen LogP contribution in [0.15, 0.2) is 24.4 Å². The molecule has 2 aliphatic heterocycles. The molecule has 4 heterocycles. The number of carbonyl (C=O) groups is 1. The van der Waals surface area contributed by atoms with Gasteiger partial charge in [-0.1, -0.05) is 6.07 Å². The average Bonchev–Trinajstić information content (AvgIpc) is 3.36. The van der Waals surface area contributed by atoms with E-state index in [0.29, 0.717) is 37.2 Å². The zero-order valence-electron chi connectivity index (χ0n) is 15.3. The Morgan fingerprint density at radius 3 is 3.15 bits per heavy atom. The van der Waals surface area contributed by atoms with Gasteiger partial charge in [0, 0.05) is 30.1 Å². The summed E-state index contributed by atoms with van der Waals surface area (Å²) >= 11 is 0. The Morgan fingerprint density at radius 2 is 2.30 bits per heavy atom. The van der Waals surface area contributed by atoms with Crippen molar-refractivity contribution in [2.75, 3.05) is 26.3 Å². The van der Waals surface area contributed by atoms with Gasteiger partial charge in [-0.25, -0.2) is 4.98 Å². The van der Waals surface area contributed by atoms with Gasteiger partial charge in [0.15, 0.2) is 5.69 Å². The fraction of sp³-hybridized carbons (Fsp3) is 0.550. The summed E-state index contributed by atoms with van der Waals surface area (Å²) in [6.45, 7) is 2.69. The third-order valence-electron chi connectivity index (χ3n) is 6.17. The number of hydrogen-bond acceptors (Lipinski definition) is 5. The molecule has 0 unspecified atom stereocenters. The number of nitrogens with one attached hydrogen (secondary N) is 1. The maximum atomic E-state index is 12.8. The van der Waals surface area contributed by atoms with E-state index in [9.17, 15) is 4.79 Å². The summed E-state index contributed by atoms with van der Waals surface area (Å²) in [4.78, 5) is 18.9. The second kappa shape index (κ2) is 6.64. The van der Waals surface area contributed by atoms with Gasteiger partial charge in [-0.05, 0) is 44.1 Å². The number of H-pyrrole nitrogens is 1. The lowest BCUT2D eigenvalue weighted by Gasteiger charge is -2.50. The molecule has 2 fully saturated rings. The Labute approximate surface area is 158 Å². The molecule has 1 N–H and O–H groups in total. The minimum absolute atomic E-state index is 0.0408. The molecule has 2 aromatic rings. The molecule has 0 aromatic carbocycles. The molecule has 1 spiro atoms. The van der Waals surface area contributed by atoms with E-state index in [2.05, 4.69) is 15.2 Å². The van der Waals surface area contributed by atoms with E-state index in [0.717, 1.165) is 50.0 Å². The van der Waals surface area contributed by atoms with Gasteiger partial charge >= 0.3 is 0 Å². The van der Waals surface area contributed by atoms with Crippen molar-refractivity contribution in [1.82, 2.24) is 20.1 Å². The Hall–Kier alpha value is -2.41. The van der Waals surface area contributed by atoms with Gasteiger partial charge in [0.25, 0.3) is 5.91 Å². The van der Waals surface area contributed by atoms with E-state index in [1.54, 1.807) is 6.20 Å². The fourth-order valence-electron chi connectivity index (χ4n) is 4.67. The summed E-state index contributed by atoms with van der Waals surface area (Å²) in [7, 11) is 0. The normalized spacial score (nSPS) is 22.7. The molecule has 142 valence electrons. The van der Waals surface area contributed by atoms with Crippen molar-refractivity contribution in [3.63, 3.8) is 0 Å². The van der Waals surface area contributed by atoms with E-state index >= 15 is 0 Å². The van der Waals surface area contributed by atoms with Crippen molar-refractivity contribution in [3.05, 3.63) is 41.3 Å². The highest BCUT2D eigenvalue weighted by Gasteiger charge is 2.54. The molecule has 27 heavy (non-hydrogen) atoms. The minimum atomic E-state index is -0.206. The summed E-state index contributed by atoms with van der Waals surface area (Å²) < 4.78 is 11.8. The van der Waals surface area contributed by atoms with Crippen molar-refractivity contribution < 1.29 is 14.3 Å². The summed E-state index contributed by atoms with van der Waals surface area (Å²) in [5, 5.41) is 7.31. The maximum Gasteiger partial charge on any atom is 0.274 e. The Balaban J connectivity index is 1.18. The minimum Gasteiger partial charge on any atom is -0.478 e. The highest BCUT2D eigenvalue weighted by molar-refractivity contribution is 5.95. The molecule has 3 aliphatic rings. The van der Waals surface area contributed by atoms with E-state index in [1.807, 2.05) is 23.1 Å². The lowest BCUT2D eigenvalue weighted by Crippen LogP contribution is -2.66. The van der Waals surface area contributed by atoms with Crippen LogP contribution in [0.5, 0.6) is 5.88 Å². The monoisotopic (exact) mass is 368 g/mol. The Morgan fingerprint density at radius 1 is 1.37 bits per heavy atom. The SMILES string of the molecule is O=C(c1n[nH]c2c1CCC2)N1CC2(C1)OCC[C@@H]2CCOc1ccccn1. The highest BCUT2D eigenvalue weighted by atomic mass is 16.5. The summed E-state index contributed by atoms with van der Waals surface area (Å²) in [5.74, 6) is 1.11. The number of aryl methyl sites for hydroxylation is 1. The van der Waals surface area contributed by atoms with Crippen molar-refractivity contribution in [2.24, 2.45) is 5.92 Å². The summed E-state index contributed by atoms with van der Waals surface area (Å²) in [6.07, 6.45) is 6.73. The second-order valence-corrected chi connectivity index (χ2v) is 7.75. The number of pyridine rings is 1. The first-order chi connectivity index (χ1) is 13.3. The van der Waals surface area contributed by atoms with Crippen LogP contribution in [-0.2, 0) is 17.6 Å². The van der Waals surface area contributed by atoms with Crippen LogP contribution in [0.2, 0.25) is 0 Å². The molecule has 1 aliphatic carbocycles. The molecule has 7 nitrogen and oxygen atoms in total. The van der Waals surface area contributed by atoms with Gasteiger partial charge in [0.2, 0.25) is 5.88 Å². The number of rotatable bonds is 5. The molecule has 5 rings (SSSR count). The standard InChI is InChI=1S/C20H24N4O3/c25-19(18-15-4-3-5-16(15)22-23-18)24-12-20(13-24)14(8-11-27-20)7-10-26-17-6-1-2-9-21-17/h1-2,6,9,14H,3-5,7-8,10-13H2,(H,22,23)/t14-/m0/s1. The average molecular weight is 368 g/mol. The fourth-order valence-corrected chi connectivity index (χ4v) is 4.67. The zero-order valence-corrected chi connectivity index (χ0v) is 15.3. The van der Waals surface area contributed by atoms with Crippen LogP contribution in [0.1, 0.15) is 41.0 Å². The third-order valence-corrected chi connectivity index (χ3v) is 6.17. The number of fused-ring (bicyclic) bond motifs is 1. The first-order valence-corrected chi connectivity index (χ1v) is 9.78. The quantitative estimate of drug-likeness (QED) is 0.873. The van der Waals surface area contributed by atoms with Crippen LogP contribution in [0.4, 0.5) is 0 Å². The number of carbonyl (C=O) groups excluding carboxylic acids is 1. The van der Waals surface area contributed by atoms with E-state index in [1.165, 1.54) is 0 Å². The molecule has 0 saturated carbocycles. The lowest BCUT2D eigenvalue weighted by atomic mass is 9.79. The van der Waals surface area contributed by atoms with Gasteiger partial charge in [0.1, 0.15) is 5.60 Å². The largest absolute Gasteiger partial charge is 0.478 e. The van der Waals surface area contributed by atoms with Crippen LogP contribution >= 0.6 is 0 Å². The predicted octanol–water partition coefficient (Wildman–Crippen LogP) is 1.99. The number of ether oxygens (including phenoxy) is 2. The number of amides is 1. The molecule has 2 aromatic heterocycles.